The van der Waals surface area contributed by atoms with Gasteiger partial charge in [0, 0.05) is 49.1 Å². The van der Waals surface area contributed by atoms with Crippen molar-refractivity contribution in [2.45, 2.75) is 13.5 Å². The number of carbonyl (C=O) groups is 1. The minimum absolute atomic E-state index is 0.171. The van der Waals surface area contributed by atoms with Gasteiger partial charge in [-0.05, 0) is 31.2 Å². The van der Waals surface area contributed by atoms with E-state index in [-0.39, 0.29) is 23.0 Å². The molecule has 13 heteroatoms. The monoisotopic (exact) mass is 498 g/mol. The van der Waals surface area contributed by atoms with Crippen molar-refractivity contribution in [2.24, 2.45) is 12.8 Å². The van der Waals surface area contributed by atoms with Gasteiger partial charge in [-0.2, -0.15) is 4.98 Å². The highest BCUT2D eigenvalue weighted by atomic mass is 16.5. The van der Waals surface area contributed by atoms with Crippen LogP contribution < -0.4 is 27.1 Å². The fourth-order valence-electron chi connectivity index (χ4n) is 3.71. The molecule has 0 spiro atoms. The molecule has 5 heterocycles. The largest absolute Gasteiger partial charge is 0.419 e. The zero-order valence-corrected chi connectivity index (χ0v) is 19.9. The van der Waals surface area contributed by atoms with Crippen molar-refractivity contribution in [1.29, 1.82) is 0 Å². The number of anilines is 3. The van der Waals surface area contributed by atoms with Crippen molar-refractivity contribution >= 4 is 34.4 Å². The fourth-order valence-corrected chi connectivity index (χ4v) is 3.71. The standard InChI is InChI=1S/C24H22N10O3/c1-3-34-10-8-18(32-34)37-17-7-6-13(12-28-17)29-24-30-19(14-5-4-9-27-20(14)25)15-11-16(21(26)35)23(36)33(2)22(15)31-24/h4-12H,3H2,1-2H3,(H2,25,27)(H2,26,35)(H,29,30,31). The lowest BCUT2D eigenvalue weighted by molar-refractivity contribution is 0.0998. The number of fused-ring (bicyclic) bond motifs is 1. The summed E-state index contributed by atoms with van der Waals surface area (Å²) in [6.07, 6.45) is 4.91. The van der Waals surface area contributed by atoms with Crippen molar-refractivity contribution in [3.05, 3.63) is 70.9 Å². The van der Waals surface area contributed by atoms with Crippen molar-refractivity contribution < 1.29 is 9.53 Å². The molecule has 5 aromatic rings. The van der Waals surface area contributed by atoms with Gasteiger partial charge in [-0.25, -0.2) is 15.0 Å². The second-order valence-corrected chi connectivity index (χ2v) is 7.98. The van der Waals surface area contributed by atoms with E-state index in [2.05, 4.69) is 30.4 Å². The normalized spacial score (nSPS) is 11.0. The highest BCUT2D eigenvalue weighted by molar-refractivity contribution is 6.00. The Morgan fingerprint density at radius 1 is 1.14 bits per heavy atom. The van der Waals surface area contributed by atoms with Crippen LogP contribution in [0.4, 0.5) is 17.5 Å². The van der Waals surface area contributed by atoms with E-state index in [1.165, 1.54) is 17.7 Å². The number of aryl methyl sites for hydroxylation is 2. The molecule has 13 nitrogen and oxygen atoms in total. The van der Waals surface area contributed by atoms with Crippen LogP contribution in [-0.4, -0.2) is 40.2 Å². The van der Waals surface area contributed by atoms with Gasteiger partial charge in [0.2, 0.25) is 17.7 Å². The van der Waals surface area contributed by atoms with Crippen LogP contribution in [0.1, 0.15) is 17.3 Å². The maximum absolute atomic E-state index is 12.7. The zero-order valence-electron chi connectivity index (χ0n) is 19.9. The van der Waals surface area contributed by atoms with E-state index >= 15 is 0 Å². The number of primary amides is 1. The Balaban J connectivity index is 1.55. The summed E-state index contributed by atoms with van der Waals surface area (Å²) in [6, 6.07) is 9.97. The number of nitrogen functional groups attached to an aromatic ring is 1. The van der Waals surface area contributed by atoms with Crippen molar-refractivity contribution in [3.63, 3.8) is 0 Å². The van der Waals surface area contributed by atoms with E-state index in [0.717, 1.165) is 6.54 Å². The van der Waals surface area contributed by atoms with Crippen LogP contribution in [0.15, 0.2) is 59.8 Å². The van der Waals surface area contributed by atoms with E-state index in [1.807, 2.05) is 13.1 Å². The van der Waals surface area contributed by atoms with Crippen molar-refractivity contribution in [2.75, 3.05) is 11.1 Å². The first-order chi connectivity index (χ1) is 17.8. The molecule has 0 aromatic carbocycles. The van der Waals surface area contributed by atoms with Gasteiger partial charge < -0.3 is 21.5 Å². The van der Waals surface area contributed by atoms with Crippen LogP contribution in [-0.2, 0) is 13.6 Å². The molecule has 5 rings (SSSR count). The Hall–Kier alpha value is -5.33. The SMILES string of the molecule is CCn1ccc(Oc2ccc(Nc3nc(-c4cccnc4N)c4cc(C(N)=O)c(=O)n(C)c4n3)cn2)n1. The van der Waals surface area contributed by atoms with E-state index in [0.29, 0.717) is 34.1 Å². The van der Waals surface area contributed by atoms with Crippen LogP contribution >= 0.6 is 0 Å². The molecular formula is C24H22N10O3. The summed E-state index contributed by atoms with van der Waals surface area (Å²) in [6.45, 7) is 2.71. The number of pyridine rings is 3. The summed E-state index contributed by atoms with van der Waals surface area (Å²) in [4.78, 5) is 42.2. The highest BCUT2D eigenvalue weighted by Crippen LogP contribution is 2.31. The molecule has 0 atom stereocenters. The molecule has 5 N–H and O–H groups in total. The molecule has 0 bridgehead atoms. The number of ether oxygens (including phenoxy) is 1. The third-order valence-corrected chi connectivity index (χ3v) is 5.57. The quantitative estimate of drug-likeness (QED) is 0.301. The van der Waals surface area contributed by atoms with Crippen LogP contribution in [0.25, 0.3) is 22.3 Å². The summed E-state index contributed by atoms with van der Waals surface area (Å²) >= 11 is 0. The Labute approximate surface area is 209 Å². The minimum Gasteiger partial charge on any atom is -0.419 e. The maximum atomic E-state index is 12.7. The van der Waals surface area contributed by atoms with E-state index in [9.17, 15) is 9.59 Å². The van der Waals surface area contributed by atoms with Gasteiger partial charge in [-0.3, -0.25) is 18.8 Å². The topological polar surface area (TPSA) is 182 Å². The number of carbonyl (C=O) groups excluding carboxylic acids is 1. The first-order valence-electron chi connectivity index (χ1n) is 11.2. The third kappa shape index (κ3) is 4.52. The van der Waals surface area contributed by atoms with Crippen molar-refractivity contribution in [1.82, 2.24) is 34.3 Å². The van der Waals surface area contributed by atoms with E-state index < -0.39 is 11.5 Å². The number of nitrogens with zero attached hydrogens (tertiary/aromatic N) is 7. The van der Waals surface area contributed by atoms with Gasteiger partial charge in [-0.1, -0.05) is 0 Å². The fraction of sp³-hybridized carbons (Fsp3) is 0.125. The Bertz CT molecular complexity index is 1690. The highest BCUT2D eigenvalue weighted by Gasteiger charge is 2.19. The van der Waals surface area contributed by atoms with Gasteiger partial charge in [0.1, 0.15) is 17.0 Å². The molecule has 0 radical (unpaired) electrons. The second kappa shape index (κ2) is 9.37. The number of hydrogen-bond acceptors (Lipinski definition) is 10. The molecule has 0 aliphatic rings. The van der Waals surface area contributed by atoms with Gasteiger partial charge in [0.05, 0.1) is 17.6 Å². The second-order valence-electron chi connectivity index (χ2n) is 7.98. The van der Waals surface area contributed by atoms with Crippen LogP contribution in [0.3, 0.4) is 0 Å². The summed E-state index contributed by atoms with van der Waals surface area (Å²) in [5.74, 6) is 0.324. The zero-order chi connectivity index (χ0) is 26.1. The van der Waals surface area contributed by atoms with Crippen LogP contribution in [0, 0.1) is 0 Å². The Kier molecular flexibility index (Phi) is 5.93. The number of nitrogens with two attached hydrogens (primary N) is 2. The molecule has 0 saturated carbocycles. The van der Waals surface area contributed by atoms with Gasteiger partial charge >= 0.3 is 0 Å². The molecule has 0 aliphatic carbocycles. The Morgan fingerprint density at radius 3 is 2.65 bits per heavy atom. The average Bonchev–Trinajstić information content (AvgIpc) is 3.35. The number of amides is 1. The molecule has 0 saturated heterocycles. The molecule has 5 aromatic heterocycles. The summed E-state index contributed by atoms with van der Waals surface area (Å²) in [7, 11) is 1.50. The van der Waals surface area contributed by atoms with Gasteiger partial charge in [-0.15, -0.1) is 5.10 Å². The molecule has 186 valence electrons. The lowest BCUT2D eigenvalue weighted by Gasteiger charge is -2.14. The lowest BCUT2D eigenvalue weighted by atomic mass is 10.1. The number of rotatable bonds is 7. The predicted molar refractivity (Wildman–Crippen MR) is 136 cm³/mol. The lowest BCUT2D eigenvalue weighted by Crippen LogP contribution is -2.28. The smallest absolute Gasteiger partial charge is 0.264 e. The van der Waals surface area contributed by atoms with Crippen molar-refractivity contribution in [3.8, 4) is 23.0 Å². The first kappa shape index (κ1) is 23.4. The summed E-state index contributed by atoms with van der Waals surface area (Å²) in [5.41, 5.74) is 12.5. The Morgan fingerprint density at radius 2 is 1.97 bits per heavy atom. The molecular weight excluding hydrogens is 476 g/mol. The van der Waals surface area contributed by atoms with E-state index in [1.54, 1.807) is 47.4 Å². The van der Waals surface area contributed by atoms with Gasteiger partial charge in [0.25, 0.3) is 11.5 Å². The summed E-state index contributed by atoms with van der Waals surface area (Å²) < 4.78 is 8.66. The maximum Gasteiger partial charge on any atom is 0.264 e. The third-order valence-electron chi connectivity index (χ3n) is 5.57. The van der Waals surface area contributed by atoms with Crippen LogP contribution in [0.5, 0.6) is 11.8 Å². The predicted octanol–water partition coefficient (Wildman–Crippen LogP) is 2.22. The molecule has 0 unspecified atom stereocenters. The first-order valence-corrected chi connectivity index (χ1v) is 11.2. The molecule has 0 aliphatic heterocycles. The molecule has 0 fully saturated rings. The average molecular weight is 499 g/mol. The van der Waals surface area contributed by atoms with Crippen LogP contribution in [0.2, 0.25) is 0 Å². The molecule has 37 heavy (non-hydrogen) atoms. The number of hydrogen-bond donors (Lipinski definition) is 3. The number of aromatic nitrogens is 7. The minimum atomic E-state index is -0.857. The van der Waals surface area contributed by atoms with E-state index in [4.69, 9.17) is 16.2 Å². The number of nitrogens with one attached hydrogen (secondary N) is 1. The van der Waals surface area contributed by atoms with Gasteiger partial charge in [0.15, 0.2) is 0 Å². The molecule has 1 amide bonds. The summed E-state index contributed by atoms with van der Waals surface area (Å²) in [5, 5.41) is 7.77.